The van der Waals surface area contributed by atoms with Crippen LogP contribution in [-0.4, -0.2) is 24.4 Å². The van der Waals surface area contributed by atoms with E-state index in [4.69, 9.17) is 11.6 Å². The van der Waals surface area contributed by atoms with Crippen molar-refractivity contribution in [3.05, 3.63) is 23.5 Å². The summed E-state index contributed by atoms with van der Waals surface area (Å²) in [5.41, 5.74) is 0.984. The van der Waals surface area contributed by atoms with E-state index in [-0.39, 0.29) is 5.92 Å². The van der Waals surface area contributed by atoms with Crippen molar-refractivity contribution in [3.63, 3.8) is 0 Å². The van der Waals surface area contributed by atoms with Crippen molar-refractivity contribution in [1.29, 1.82) is 0 Å². The second-order valence-corrected chi connectivity index (χ2v) is 4.22. The number of piperidine rings is 1. The summed E-state index contributed by atoms with van der Waals surface area (Å²) in [6.45, 7) is 1.74. The maximum Gasteiger partial charge on any atom is 0.124 e. The summed E-state index contributed by atoms with van der Waals surface area (Å²) in [5, 5.41) is 0.657. The van der Waals surface area contributed by atoms with E-state index in [0.717, 1.165) is 37.9 Å². The summed E-state index contributed by atoms with van der Waals surface area (Å²) >= 11 is 6.06. The Kier molecular flexibility index (Phi) is 3.21. The molecule has 80 valence electrons. The van der Waals surface area contributed by atoms with Gasteiger partial charge in [0.1, 0.15) is 6.29 Å². The van der Waals surface area contributed by atoms with Gasteiger partial charge in [0.2, 0.25) is 0 Å². The number of carbonyl (C=O) groups excluding carboxylic acids is 1. The average molecular weight is 225 g/mol. The van der Waals surface area contributed by atoms with E-state index in [2.05, 4.69) is 9.88 Å². The van der Waals surface area contributed by atoms with Crippen LogP contribution in [-0.2, 0) is 4.79 Å². The molecular weight excluding hydrogens is 212 g/mol. The lowest BCUT2D eigenvalue weighted by atomic mass is 9.99. The zero-order chi connectivity index (χ0) is 10.7. The van der Waals surface area contributed by atoms with Crippen molar-refractivity contribution < 1.29 is 4.79 Å². The van der Waals surface area contributed by atoms with E-state index in [1.807, 2.05) is 6.07 Å². The van der Waals surface area contributed by atoms with Crippen LogP contribution in [0.2, 0.25) is 5.02 Å². The van der Waals surface area contributed by atoms with Gasteiger partial charge in [-0.25, -0.2) is 0 Å². The number of halogens is 1. The minimum atomic E-state index is 0.142. The van der Waals surface area contributed by atoms with E-state index in [1.165, 1.54) is 0 Å². The monoisotopic (exact) mass is 224 g/mol. The van der Waals surface area contributed by atoms with Crippen LogP contribution in [0.1, 0.15) is 12.8 Å². The van der Waals surface area contributed by atoms with Gasteiger partial charge >= 0.3 is 0 Å². The summed E-state index contributed by atoms with van der Waals surface area (Å²) in [6, 6.07) is 1.90. The second-order valence-electron chi connectivity index (χ2n) is 3.81. The number of rotatable bonds is 2. The van der Waals surface area contributed by atoms with E-state index < -0.39 is 0 Å². The highest BCUT2D eigenvalue weighted by Gasteiger charge is 2.20. The number of hydrogen-bond acceptors (Lipinski definition) is 3. The molecule has 0 aromatic carbocycles. The Morgan fingerprint density at radius 1 is 1.60 bits per heavy atom. The highest BCUT2D eigenvalue weighted by atomic mass is 35.5. The molecule has 1 fully saturated rings. The van der Waals surface area contributed by atoms with Crippen LogP contribution >= 0.6 is 11.6 Å². The molecule has 0 bridgehead atoms. The van der Waals surface area contributed by atoms with Crippen LogP contribution in [0.4, 0.5) is 5.69 Å². The molecule has 1 saturated heterocycles. The molecule has 1 aromatic heterocycles. The number of nitrogens with zero attached hydrogens (tertiary/aromatic N) is 2. The minimum Gasteiger partial charge on any atom is -0.370 e. The van der Waals surface area contributed by atoms with E-state index >= 15 is 0 Å². The zero-order valence-corrected chi connectivity index (χ0v) is 9.15. The third kappa shape index (κ3) is 2.29. The predicted octanol–water partition coefficient (Wildman–Crippen LogP) is 2.15. The first kappa shape index (κ1) is 10.4. The average Bonchev–Trinajstić information content (AvgIpc) is 2.30. The van der Waals surface area contributed by atoms with Crippen molar-refractivity contribution >= 4 is 23.6 Å². The normalized spacial score (nSPS) is 21.4. The molecule has 4 heteroatoms. The fourth-order valence-electron chi connectivity index (χ4n) is 1.96. The molecule has 0 amide bonds. The van der Waals surface area contributed by atoms with Crippen LogP contribution in [0.5, 0.6) is 0 Å². The SMILES string of the molecule is O=CC1CCCN(c2ccncc2Cl)C1. The van der Waals surface area contributed by atoms with Crippen molar-refractivity contribution in [2.75, 3.05) is 18.0 Å². The molecule has 0 saturated carbocycles. The zero-order valence-electron chi connectivity index (χ0n) is 8.40. The summed E-state index contributed by atoms with van der Waals surface area (Å²) < 4.78 is 0. The van der Waals surface area contributed by atoms with Gasteiger partial charge in [0.15, 0.2) is 0 Å². The van der Waals surface area contributed by atoms with Crippen molar-refractivity contribution in [2.24, 2.45) is 5.92 Å². The lowest BCUT2D eigenvalue weighted by molar-refractivity contribution is -0.111. The van der Waals surface area contributed by atoms with Crippen LogP contribution in [0.3, 0.4) is 0 Å². The molecule has 0 spiro atoms. The number of pyridine rings is 1. The topological polar surface area (TPSA) is 33.2 Å². The number of anilines is 1. The molecule has 2 rings (SSSR count). The number of aromatic nitrogens is 1. The van der Waals surface area contributed by atoms with Crippen molar-refractivity contribution in [2.45, 2.75) is 12.8 Å². The fourth-order valence-corrected chi connectivity index (χ4v) is 2.20. The van der Waals surface area contributed by atoms with Crippen LogP contribution in [0.25, 0.3) is 0 Å². The summed E-state index contributed by atoms with van der Waals surface area (Å²) in [7, 11) is 0. The summed E-state index contributed by atoms with van der Waals surface area (Å²) in [5.74, 6) is 0.142. The van der Waals surface area contributed by atoms with Crippen molar-refractivity contribution in [3.8, 4) is 0 Å². The Hall–Kier alpha value is -1.09. The van der Waals surface area contributed by atoms with Crippen LogP contribution in [0.15, 0.2) is 18.5 Å². The molecule has 1 unspecified atom stereocenters. The summed E-state index contributed by atoms with van der Waals surface area (Å²) in [4.78, 5) is 16.9. The highest BCUT2D eigenvalue weighted by molar-refractivity contribution is 6.33. The molecular formula is C11H13ClN2O. The lowest BCUT2D eigenvalue weighted by Crippen LogP contribution is -2.36. The first-order valence-corrected chi connectivity index (χ1v) is 5.49. The van der Waals surface area contributed by atoms with Gasteiger partial charge in [-0.2, -0.15) is 0 Å². The van der Waals surface area contributed by atoms with Gasteiger partial charge in [-0.05, 0) is 18.9 Å². The third-order valence-electron chi connectivity index (χ3n) is 2.74. The maximum absolute atomic E-state index is 10.7. The smallest absolute Gasteiger partial charge is 0.124 e. The Morgan fingerprint density at radius 3 is 3.20 bits per heavy atom. The van der Waals surface area contributed by atoms with E-state index in [0.29, 0.717) is 5.02 Å². The Bertz CT molecular complexity index is 356. The molecule has 0 radical (unpaired) electrons. The molecule has 1 aliphatic heterocycles. The lowest BCUT2D eigenvalue weighted by Gasteiger charge is -2.32. The molecule has 0 aliphatic carbocycles. The maximum atomic E-state index is 10.7. The van der Waals surface area contributed by atoms with E-state index in [1.54, 1.807) is 12.4 Å². The molecule has 1 atom stereocenters. The predicted molar refractivity (Wildman–Crippen MR) is 60.2 cm³/mol. The van der Waals surface area contributed by atoms with Gasteiger partial charge in [0, 0.05) is 31.4 Å². The molecule has 1 aromatic rings. The Balaban J connectivity index is 2.16. The minimum absolute atomic E-state index is 0.142. The van der Waals surface area contributed by atoms with E-state index in [9.17, 15) is 4.79 Å². The Morgan fingerprint density at radius 2 is 2.47 bits per heavy atom. The van der Waals surface area contributed by atoms with Crippen LogP contribution < -0.4 is 4.90 Å². The number of aldehydes is 1. The Labute approximate surface area is 94.1 Å². The standard InChI is InChI=1S/C11H13ClN2O/c12-10-6-13-4-3-11(10)14-5-1-2-9(7-14)8-15/h3-4,6,8-9H,1-2,5,7H2. The molecule has 2 heterocycles. The van der Waals surface area contributed by atoms with Crippen LogP contribution in [0, 0.1) is 5.92 Å². The first-order chi connectivity index (χ1) is 7.31. The van der Waals surface area contributed by atoms with Gasteiger partial charge < -0.3 is 9.69 Å². The quantitative estimate of drug-likeness (QED) is 0.722. The molecule has 15 heavy (non-hydrogen) atoms. The number of hydrogen-bond donors (Lipinski definition) is 0. The fraction of sp³-hybridized carbons (Fsp3) is 0.455. The summed E-state index contributed by atoms with van der Waals surface area (Å²) in [6.07, 6.45) is 6.44. The first-order valence-electron chi connectivity index (χ1n) is 5.11. The van der Waals surface area contributed by atoms with Gasteiger partial charge in [0.25, 0.3) is 0 Å². The second kappa shape index (κ2) is 4.62. The molecule has 1 aliphatic rings. The van der Waals surface area contributed by atoms with Gasteiger partial charge in [-0.1, -0.05) is 11.6 Å². The van der Waals surface area contributed by atoms with Gasteiger partial charge in [0.05, 0.1) is 10.7 Å². The molecule has 0 N–H and O–H groups in total. The number of carbonyl (C=O) groups is 1. The largest absolute Gasteiger partial charge is 0.370 e. The van der Waals surface area contributed by atoms with Gasteiger partial charge in [-0.3, -0.25) is 4.98 Å². The highest BCUT2D eigenvalue weighted by Crippen LogP contribution is 2.28. The molecule has 3 nitrogen and oxygen atoms in total. The van der Waals surface area contributed by atoms with Gasteiger partial charge in [-0.15, -0.1) is 0 Å². The van der Waals surface area contributed by atoms with Crippen molar-refractivity contribution in [1.82, 2.24) is 4.98 Å². The third-order valence-corrected chi connectivity index (χ3v) is 3.03.